The molecule has 0 unspecified atom stereocenters. The van der Waals surface area contributed by atoms with Crippen LogP contribution < -0.4 is 15.0 Å². The van der Waals surface area contributed by atoms with E-state index in [1.54, 1.807) is 19.5 Å². The maximum atomic E-state index is 12.1. The van der Waals surface area contributed by atoms with Gasteiger partial charge in [0.15, 0.2) is 0 Å². The smallest absolute Gasteiger partial charge is 0.243 e. The van der Waals surface area contributed by atoms with Gasteiger partial charge in [0.05, 0.1) is 25.2 Å². The molecule has 7 nitrogen and oxygen atoms in total. The Morgan fingerprint density at radius 1 is 1.35 bits per heavy atom. The number of hydrogen-bond acceptors (Lipinski definition) is 5. The molecule has 0 spiro atoms. The number of aromatic nitrogens is 1. The summed E-state index contributed by atoms with van der Waals surface area (Å²) in [6.45, 7) is 6.52. The number of amides is 2. The van der Waals surface area contributed by atoms with Crippen molar-refractivity contribution in [3.8, 4) is 5.75 Å². The lowest BCUT2D eigenvalue weighted by molar-refractivity contribution is -0.131. The Morgan fingerprint density at radius 3 is 2.74 bits per heavy atom. The van der Waals surface area contributed by atoms with Crippen molar-refractivity contribution in [3.05, 3.63) is 31.1 Å². The van der Waals surface area contributed by atoms with Crippen LogP contribution in [0.4, 0.5) is 5.69 Å². The first-order chi connectivity index (χ1) is 11.1. The van der Waals surface area contributed by atoms with Gasteiger partial charge in [-0.05, 0) is 6.08 Å². The van der Waals surface area contributed by atoms with E-state index in [-0.39, 0.29) is 11.8 Å². The Bertz CT molecular complexity index is 568. The van der Waals surface area contributed by atoms with Crippen LogP contribution in [-0.4, -0.2) is 61.5 Å². The second-order valence-corrected chi connectivity index (χ2v) is 5.20. The van der Waals surface area contributed by atoms with E-state index in [2.05, 4.69) is 21.8 Å². The Hall–Kier alpha value is -2.57. The van der Waals surface area contributed by atoms with Crippen molar-refractivity contribution < 1.29 is 14.3 Å². The van der Waals surface area contributed by atoms with Crippen LogP contribution in [0.3, 0.4) is 0 Å². The second kappa shape index (κ2) is 8.17. The van der Waals surface area contributed by atoms with Crippen molar-refractivity contribution >= 4 is 17.5 Å². The molecule has 0 aromatic carbocycles. The molecule has 1 N–H and O–H groups in total. The van der Waals surface area contributed by atoms with Crippen LogP contribution in [0, 0.1) is 0 Å². The lowest BCUT2D eigenvalue weighted by Gasteiger charge is -2.36. The van der Waals surface area contributed by atoms with E-state index in [9.17, 15) is 9.59 Å². The Balaban J connectivity index is 1.79. The van der Waals surface area contributed by atoms with Crippen molar-refractivity contribution in [1.82, 2.24) is 15.2 Å². The number of hydrogen-bond donors (Lipinski definition) is 1. The SMILES string of the molecule is C=CC(=O)NCCC(=O)N1CCN(c2cncc(OC)c2)CC1. The van der Waals surface area contributed by atoms with Gasteiger partial charge in [-0.3, -0.25) is 14.6 Å². The zero-order valence-electron chi connectivity index (χ0n) is 13.3. The summed E-state index contributed by atoms with van der Waals surface area (Å²) in [6, 6.07) is 1.94. The number of anilines is 1. The molecule has 2 heterocycles. The zero-order valence-corrected chi connectivity index (χ0v) is 13.3. The summed E-state index contributed by atoms with van der Waals surface area (Å²) in [7, 11) is 1.61. The summed E-state index contributed by atoms with van der Waals surface area (Å²) in [4.78, 5) is 31.3. The fourth-order valence-electron chi connectivity index (χ4n) is 2.43. The molecule has 23 heavy (non-hydrogen) atoms. The number of carbonyl (C=O) groups is 2. The maximum Gasteiger partial charge on any atom is 0.243 e. The quantitative estimate of drug-likeness (QED) is 0.770. The van der Waals surface area contributed by atoms with E-state index in [4.69, 9.17) is 4.74 Å². The number of piperazine rings is 1. The minimum atomic E-state index is -0.256. The fraction of sp³-hybridized carbons (Fsp3) is 0.438. The molecule has 0 saturated carbocycles. The molecule has 7 heteroatoms. The van der Waals surface area contributed by atoms with Gasteiger partial charge in [0.2, 0.25) is 11.8 Å². The van der Waals surface area contributed by atoms with Gasteiger partial charge >= 0.3 is 0 Å². The van der Waals surface area contributed by atoms with Gasteiger partial charge in [0, 0.05) is 45.2 Å². The molecular weight excluding hydrogens is 296 g/mol. The summed E-state index contributed by atoms with van der Waals surface area (Å²) in [6.07, 6.45) is 4.97. The van der Waals surface area contributed by atoms with Gasteiger partial charge in [-0.15, -0.1) is 0 Å². The average molecular weight is 318 g/mol. The van der Waals surface area contributed by atoms with Crippen LogP contribution in [0.2, 0.25) is 0 Å². The third kappa shape index (κ3) is 4.70. The number of rotatable bonds is 6. The lowest BCUT2D eigenvalue weighted by atomic mass is 10.2. The molecule has 1 aliphatic rings. The summed E-state index contributed by atoms with van der Waals surface area (Å²) < 4.78 is 5.18. The van der Waals surface area contributed by atoms with Crippen LogP contribution in [0.25, 0.3) is 0 Å². The summed E-state index contributed by atoms with van der Waals surface area (Å²) in [5.74, 6) is 0.518. The van der Waals surface area contributed by atoms with Crippen molar-refractivity contribution in [3.63, 3.8) is 0 Å². The van der Waals surface area contributed by atoms with Crippen molar-refractivity contribution in [2.75, 3.05) is 44.7 Å². The van der Waals surface area contributed by atoms with Gasteiger partial charge in [-0.1, -0.05) is 6.58 Å². The van der Waals surface area contributed by atoms with E-state index in [1.165, 1.54) is 6.08 Å². The van der Waals surface area contributed by atoms with Crippen LogP contribution in [0.5, 0.6) is 5.75 Å². The Labute approximate surface area is 135 Å². The normalized spacial score (nSPS) is 14.3. The van der Waals surface area contributed by atoms with E-state index in [1.807, 2.05) is 11.0 Å². The third-order valence-corrected chi connectivity index (χ3v) is 3.76. The molecule has 0 atom stereocenters. The predicted molar refractivity (Wildman–Crippen MR) is 87.4 cm³/mol. The van der Waals surface area contributed by atoms with Gasteiger partial charge in [0.1, 0.15) is 5.75 Å². The van der Waals surface area contributed by atoms with Crippen LogP contribution in [0.1, 0.15) is 6.42 Å². The van der Waals surface area contributed by atoms with Crippen LogP contribution in [0.15, 0.2) is 31.1 Å². The highest BCUT2D eigenvalue weighted by atomic mass is 16.5. The number of nitrogens with one attached hydrogen (secondary N) is 1. The first-order valence-electron chi connectivity index (χ1n) is 7.56. The minimum absolute atomic E-state index is 0.0535. The summed E-state index contributed by atoms with van der Waals surface area (Å²) >= 11 is 0. The number of carbonyl (C=O) groups excluding carboxylic acids is 2. The molecule has 1 saturated heterocycles. The van der Waals surface area contributed by atoms with Gasteiger partial charge in [-0.2, -0.15) is 0 Å². The van der Waals surface area contributed by atoms with Crippen molar-refractivity contribution in [2.45, 2.75) is 6.42 Å². The molecule has 2 rings (SSSR count). The number of ether oxygens (including phenoxy) is 1. The van der Waals surface area contributed by atoms with Crippen molar-refractivity contribution in [2.24, 2.45) is 0 Å². The highest BCUT2D eigenvalue weighted by Crippen LogP contribution is 2.20. The Morgan fingerprint density at radius 2 is 2.09 bits per heavy atom. The van der Waals surface area contributed by atoms with Crippen molar-refractivity contribution in [1.29, 1.82) is 0 Å². The summed E-state index contributed by atoms with van der Waals surface area (Å²) in [5, 5.41) is 2.61. The summed E-state index contributed by atoms with van der Waals surface area (Å²) in [5.41, 5.74) is 0.995. The maximum absolute atomic E-state index is 12.1. The first kappa shape index (κ1) is 16.8. The first-order valence-corrected chi connectivity index (χ1v) is 7.56. The van der Waals surface area contributed by atoms with Gasteiger partial charge in [-0.25, -0.2) is 0 Å². The minimum Gasteiger partial charge on any atom is -0.495 e. The standard InChI is InChI=1S/C16H22N4O3/c1-3-15(21)18-5-4-16(22)20-8-6-19(7-9-20)13-10-14(23-2)12-17-11-13/h3,10-12H,1,4-9H2,2H3,(H,18,21). The Kier molecular flexibility index (Phi) is 5.96. The van der Waals surface area contributed by atoms with E-state index in [0.29, 0.717) is 26.1 Å². The van der Waals surface area contributed by atoms with E-state index < -0.39 is 0 Å². The highest BCUT2D eigenvalue weighted by molar-refractivity contribution is 5.87. The molecule has 1 aromatic rings. The van der Waals surface area contributed by atoms with Gasteiger partial charge in [0.25, 0.3) is 0 Å². The van der Waals surface area contributed by atoms with E-state index >= 15 is 0 Å². The molecule has 0 aliphatic carbocycles. The number of pyridine rings is 1. The molecule has 1 fully saturated rings. The molecule has 0 bridgehead atoms. The molecule has 124 valence electrons. The molecule has 1 aliphatic heterocycles. The molecule has 1 aromatic heterocycles. The topological polar surface area (TPSA) is 74.8 Å². The van der Waals surface area contributed by atoms with Crippen LogP contribution in [-0.2, 0) is 9.59 Å². The molecular formula is C16H22N4O3. The number of nitrogens with zero attached hydrogens (tertiary/aromatic N) is 3. The van der Waals surface area contributed by atoms with Gasteiger partial charge < -0.3 is 19.9 Å². The largest absolute Gasteiger partial charge is 0.495 e. The highest BCUT2D eigenvalue weighted by Gasteiger charge is 2.21. The zero-order chi connectivity index (χ0) is 16.7. The molecule has 2 amide bonds. The molecule has 0 radical (unpaired) electrons. The van der Waals surface area contributed by atoms with Crippen LogP contribution >= 0.6 is 0 Å². The fourth-order valence-corrected chi connectivity index (χ4v) is 2.43. The van der Waals surface area contributed by atoms with E-state index in [0.717, 1.165) is 24.5 Å². The predicted octanol–water partition coefficient (Wildman–Crippen LogP) is 0.431. The monoisotopic (exact) mass is 318 g/mol. The average Bonchev–Trinajstić information content (AvgIpc) is 2.61. The third-order valence-electron chi connectivity index (χ3n) is 3.76. The number of methoxy groups -OCH3 is 1. The second-order valence-electron chi connectivity index (χ2n) is 5.20. The lowest BCUT2D eigenvalue weighted by Crippen LogP contribution is -2.49.